The number of carbonyl (C=O) groups excluding carboxylic acids is 1. The second-order valence-corrected chi connectivity index (χ2v) is 7.99. The summed E-state index contributed by atoms with van der Waals surface area (Å²) in [5, 5.41) is 0.548. The molecule has 3 nitrogen and oxygen atoms in total. The number of hydrogen-bond donors (Lipinski definition) is 1. The van der Waals surface area contributed by atoms with E-state index >= 15 is 0 Å². The molecule has 0 aromatic heterocycles. The highest BCUT2D eigenvalue weighted by molar-refractivity contribution is 9.10. The van der Waals surface area contributed by atoms with Gasteiger partial charge in [-0.1, -0.05) is 39.7 Å². The van der Waals surface area contributed by atoms with Crippen LogP contribution >= 0.6 is 51.5 Å². The Hall–Kier alpha value is -0.300. The van der Waals surface area contributed by atoms with Crippen LogP contribution < -0.4 is 5.73 Å². The van der Waals surface area contributed by atoms with Crippen molar-refractivity contribution < 1.29 is 4.79 Å². The fourth-order valence-corrected chi connectivity index (χ4v) is 4.59. The van der Waals surface area contributed by atoms with E-state index < -0.39 is 0 Å². The van der Waals surface area contributed by atoms with Crippen molar-refractivity contribution in [3.05, 3.63) is 33.3 Å². The maximum atomic E-state index is 12.5. The molecule has 1 heterocycles. The number of nitrogens with two attached hydrogens (primary N) is 1. The van der Waals surface area contributed by atoms with Gasteiger partial charge in [0.25, 0.3) is 5.91 Å². The maximum absolute atomic E-state index is 12.5. The van der Waals surface area contributed by atoms with Gasteiger partial charge >= 0.3 is 0 Å². The Balaban J connectivity index is 2.11. The van der Waals surface area contributed by atoms with Crippen LogP contribution in [0.4, 0.5) is 0 Å². The summed E-state index contributed by atoms with van der Waals surface area (Å²) in [4.78, 5) is 14.9. The Morgan fingerprint density at radius 1 is 1.43 bits per heavy atom. The summed E-state index contributed by atoms with van der Waals surface area (Å²) in [7, 11) is 0. The minimum Gasteiger partial charge on any atom is -0.392 e. The van der Waals surface area contributed by atoms with Gasteiger partial charge in [-0.3, -0.25) is 4.79 Å². The zero-order valence-electron chi connectivity index (χ0n) is 11.6. The summed E-state index contributed by atoms with van der Waals surface area (Å²) in [5.41, 5.74) is 6.47. The number of nitrogens with zero attached hydrogens (tertiary/aromatic N) is 1. The molecule has 1 saturated heterocycles. The molecule has 1 fully saturated rings. The lowest BCUT2D eigenvalue weighted by molar-refractivity contribution is 0.0719. The van der Waals surface area contributed by atoms with E-state index in [1.54, 1.807) is 30.0 Å². The monoisotopic (exact) mass is 406 g/mol. The molecule has 1 aliphatic heterocycles. The van der Waals surface area contributed by atoms with Crippen molar-refractivity contribution in [1.82, 2.24) is 4.90 Å². The van der Waals surface area contributed by atoms with Crippen molar-refractivity contribution in [2.75, 3.05) is 19.3 Å². The minimum atomic E-state index is -0.180. The number of piperidine rings is 1. The molecule has 1 aromatic rings. The van der Waals surface area contributed by atoms with Crippen molar-refractivity contribution >= 4 is 62.4 Å². The van der Waals surface area contributed by atoms with Gasteiger partial charge in [0.15, 0.2) is 0 Å². The predicted octanol–water partition coefficient (Wildman–Crippen LogP) is 3.73. The molecule has 114 valence electrons. The van der Waals surface area contributed by atoms with Crippen LogP contribution in [0.3, 0.4) is 0 Å². The Kier molecular flexibility index (Phi) is 5.57. The van der Waals surface area contributed by atoms with Crippen molar-refractivity contribution in [1.29, 1.82) is 0 Å². The van der Waals surface area contributed by atoms with Gasteiger partial charge in [-0.05, 0) is 37.3 Å². The number of likely N-dealkylation sites (tertiary alicyclic amines) is 1. The van der Waals surface area contributed by atoms with E-state index in [2.05, 4.69) is 15.9 Å². The molecule has 0 bridgehead atoms. The number of thioether (sulfide) groups is 1. The quantitative estimate of drug-likeness (QED) is 0.776. The van der Waals surface area contributed by atoms with Gasteiger partial charge in [0, 0.05) is 28.1 Å². The SMILES string of the molecule is CSC1(C(N)=S)CCN(C(=O)c2cc(Cl)cc(Br)c2)CC1. The zero-order chi connectivity index (χ0) is 15.6. The third-order valence-electron chi connectivity index (χ3n) is 3.81. The molecule has 0 spiro atoms. The molecule has 0 saturated carbocycles. The number of halogens is 2. The minimum absolute atomic E-state index is 0.00385. The molecule has 0 radical (unpaired) electrons. The maximum Gasteiger partial charge on any atom is 0.253 e. The van der Waals surface area contributed by atoms with Gasteiger partial charge < -0.3 is 10.6 Å². The zero-order valence-corrected chi connectivity index (χ0v) is 15.5. The number of hydrogen-bond acceptors (Lipinski definition) is 3. The third-order valence-corrected chi connectivity index (χ3v) is 6.41. The molecule has 1 aromatic carbocycles. The highest BCUT2D eigenvalue weighted by Gasteiger charge is 2.38. The molecule has 21 heavy (non-hydrogen) atoms. The number of rotatable bonds is 3. The molecule has 2 N–H and O–H groups in total. The standard InChI is InChI=1S/C14H16BrClN2OS2/c1-21-14(13(17)20)2-4-18(5-3-14)12(19)9-6-10(15)8-11(16)7-9/h6-8H,2-5H2,1H3,(H2,17,20). The summed E-state index contributed by atoms with van der Waals surface area (Å²) in [6.07, 6.45) is 3.60. The van der Waals surface area contributed by atoms with E-state index in [1.807, 2.05) is 11.2 Å². The number of carbonyl (C=O) groups is 1. The van der Waals surface area contributed by atoms with Crippen LogP contribution in [0.25, 0.3) is 0 Å². The Bertz CT molecular complexity index is 554. The molecular formula is C14H16BrClN2OS2. The molecule has 1 amide bonds. The largest absolute Gasteiger partial charge is 0.392 e. The first-order valence-corrected chi connectivity index (χ1v) is 9.29. The summed E-state index contributed by atoms with van der Waals surface area (Å²) in [6.45, 7) is 1.31. The fraction of sp³-hybridized carbons (Fsp3) is 0.429. The van der Waals surface area contributed by atoms with Crippen LogP contribution in [0.5, 0.6) is 0 Å². The van der Waals surface area contributed by atoms with Gasteiger partial charge in [0.05, 0.1) is 9.74 Å². The molecule has 0 aliphatic carbocycles. The van der Waals surface area contributed by atoms with Crippen LogP contribution in [-0.4, -0.2) is 39.9 Å². The van der Waals surface area contributed by atoms with E-state index in [9.17, 15) is 4.79 Å². The first kappa shape index (κ1) is 17.1. The van der Waals surface area contributed by atoms with E-state index in [4.69, 9.17) is 29.6 Å². The van der Waals surface area contributed by atoms with Crippen LogP contribution in [-0.2, 0) is 0 Å². The molecule has 1 aliphatic rings. The van der Waals surface area contributed by atoms with Crippen LogP contribution in [0.1, 0.15) is 23.2 Å². The van der Waals surface area contributed by atoms with Gasteiger partial charge in [-0.25, -0.2) is 0 Å². The van der Waals surface area contributed by atoms with E-state index in [1.165, 1.54) is 0 Å². The summed E-state index contributed by atoms with van der Waals surface area (Å²) in [6, 6.07) is 5.25. The topological polar surface area (TPSA) is 46.3 Å². The van der Waals surface area contributed by atoms with Gasteiger partial charge in [-0.15, -0.1) is 0 Å². The van der Waals surface area contributed by atoms with E-state index in [0.29, 0.717) is 28.7 Å². The normalized spacial score (nSPS) is 17.6. The van der Waals surface area contributed by atoms with Crippen LogP contribution in [0, 0.1) is 0 Å². The lowest BCUT2D eigenvalue weighted by Crippen LogP contribution is -2.50. The Morgan fingerprint density at radius 2 is 2.05 bits per heavy atom. The number of thiocarbonyl (C=S) groups is 1. The summed E-state index contributed by atoms with van der Waals surface area (Å²) >= 11 is 16.2. The highest BCUT2D eigenvalue weighted by Crippen LogP contribution is 2.35. The van der Waals surface area contributed by atoms with Gasteiger partial charge in [0.1, 0.15) is 0 Å². The summed E-state index contributed by atoms with van der Waals surface area (Å²) < 4.78 is 0.623. The highest BCUT2D eigenvalue weighted by atomic mass is 79.9. The molecule has 0 unspecified atom stereocenters. The number of amides is 1. The average Bonchev–Trinajstić information content (AvgIpc) is 2.45. The van der Waals surface area contributed by atoms with Gasteiger partial charge in [0.2, 0.25) is 0 Å². The molecule has 0 atom stereocenters. The predicted molar refractivity (Wildman–Crippen MR) is 97.3 cm³/mol. The second kappa shape index (κ2) is 6.86. The first-order valence-electron chi connectivity index (χ1n) is 6.48. The summed E-state index contributed by atoms with van der Waals surface area (Å²) in [5.74, 6) is -0.00385. The molecule has 7 heteroatoms. The first-order chi connectivity index (χ1) is 9.88. The molecule has 2 rings (SSSR count). The Morgan fingerprint density at radius 3 is 2.52 bits per heavy atom. The molecular weight excluding hydrogens is 392 g/mol. The van der Waals surface area contributed by atoms with Gasteiger partial charge in [-0.2, -0.15) is 11.8 Å². The van der Waals surface area contributed by atoms with Crippen LogP contribution in [0.15, 0.2) is 22.7 Å². The van der Waals surface area contributed by atoms with Crippen molar-refractivity contribution in [3.63, 3.8) is 0 Å². The average molecular weight is 408 g/mol. The van der Waals surface area contributed by atoms with Crippen LogP contribution in [0.2, 0.25) is 5.02 Å². The second-order valence-electron chi connectivity index (χ2n) is 5.01. The lowest BCUT2D eigenvalue weighted by atomic mass is 9.95. The van der Waals surface area contributed by atoms with E-state index in [-0.39, 0.29) is 10.7 Å². The third kappa shape index (κ3) is 3.73. The lowest BCUT2D eigenvalue weighted by Gasteiger charge is -2.40. The smallest absolute Gasteiger partial charge is 0.253 e. The number of benzene rings is 1. The van der Waals surface area contributed by atoms with Crippen molar-refractivity contribution in [2.24, 2.45) is 5.73 Å². The van der Waals surface area contributed by atoms with E-state index in [0.717, 1.165) is 17.3 Å². The fourth-order valence-electron chi connectivity index (χ4n) is 2.48. The Labute approximate surface area is 147 Å². The van der Waals surface area contributed by atoms with Crippen molar-refractivity contribution in [2.45, 2.75) is 17.6 Å². The van der Waals surface area contributed by atoms with Crippen molar-refractivity contribution in [3.8, 4) is 0 Å².